The zero-order valence-corrected chi connectivity index (χ0v) is 14.4. The van der Waals surface area contributed by atoms with Crippen molar-refractivity contribution in [2.24, 2.45) is 0 Å². The fourth-order valence-corrected chi connectivity index (χ4v) is 3.69. The minimum absolute atomic E-state index is 0.0388. The van der Waals surface area contributed by atoms with E-state index in [2.05, 4.69) is 23.9 Å². The van der Waals surface area contributed by atoms with E-state index in [1.165, 1.54) is 5.56 Å². The van der Waals surface area contributed by atoms with Crippen LogP contribution in [0.15, 0.2) is 23.1 Å². The van der Waals surface area contributed by atoms with Gasteiger partial charge in [-0.15, -0.1) is 0 Å². The molecule has 2 N–H and O–H groups in total. The van der Waals surface area contributed by atoms with Gasteiger partial charge >= 0.3 is 0 Å². The molecule has 21 heavy (non-hydrogen) atoms. The highest BCUT2D eigenvalue weighted by Crippen LogP contribution is 2.17. The molecule has 0 heterocycles. The van der Waals surface area contributed by atoms with E-state index in [4.69, 9.17) is 0 Å². The Hall–Kier alpha value is -0.910. The molecule has 0 bridgehead atoms. The first kappa shape index (κ1) is 18.1. The topological polar surface area (TPSA) is 58.2 Å². The van der Waals surface area contributed by atoms with Crippen molar-refractivity contribution in [1.82, 2.24) is 10.0 Å². The SMILES string of the molecule is CCCC(C)NS(=O)(=O)c1ccc(CC)c(CNCC)c1. The summed E-state index contributed by atoms with van der Waals surface area (Å²) >= 11 is 0. The van der Waals surface area contributed by atoms with Crippen molar-refractivity contribution in [1.29, 1.82) is 0 Å². The van der Waals surface area contributed by atoms with Gasteiger partial charge in [0.15, 0.2) is 0 Å². The quantitative estimate of drug-likeness (QED) is 0.737. The Morgan fingerprint density at radius 3 is 2.43 bits per heavy atom. The van der Waals surface area contributed by atoms with Crippen LogP contribution in [0.3, 0.4) is 0 Å². The molecule has 0 saturated heterocycles. The monoisotopic (exact) mass is 312 g/mol. The molecule has 4 nitrogen and oxygen atoms in total. The maximum absolute atomic E-state index is 12.4. The summed E-state index contributed by atoms with van der Waals surface area (Å²) in [6.45, 7) is 9.65. The molecule has 0 saturated carbocycles. The molecule has 1 unspecified atom stereocenters. The highest BCUT2D eigenvalue weighted by Gasteiger charge is 2.18. The summed E-state index contributed by atoms with van der Waals surface area (Å²) in [7, 11) is -3.43. The van der Waals surface area contributed by atoms with Gasteiger partial charge in [0.25, 0.3) is 0 Å². The minimum atomic E-state index is -3.43. The predicted molar refractivity (Wildman–Crippen MR) is 87.9 cm³/mol. The molecule has 0 amide bonds. The zero-order chi connectivity index (χ0) is 15.9. The first-order chi connectivity index (χ1) is 9.94. The van der Waals surface area contributed by atoms with E-state index in [0.29, 0.717) is 11.4 Å². The summed E-state index contributed by atoms with van der Waals surface area (Å²) < 4.78 is 27.6. The third-order valence-corrected chi connectivity index (χ3v) is 5.10. The van der Waals surface area contributed by atoms with Crippen molar-refractivity contribution >= 4 is 10.0 Å². The second-order valence-electron chi connectivity index (χ2n) is 5.38. The van der Waals surface area contributed by atoms with Gasteiger partial charge in [-0.2, -0.15) is 0 Å². The van der Waals surface area contributed by atoms with Crippen LogP contribution in [-0.4, -0.2) is 21.0 Å². The van der Waals surface area contributed by atoms with Gasteiger partial charge in [-0.05, 0) is 49.6 Å². The van der Waals surface area contributed by atoms with Gasteiger partial charge in [0.05, 0.1) is 4.90 Å². The van der Waals surface area contributed by atoms with Crippen molar-refractivity contribution in [2.75, 3.05) is 6.54 Å². The molecular formula is C16H28N2O2S. The van der Waals surface area contributed by atoms with Crippen LogP contribution in [0.4, 0.5) is 0 Å². The van der Waals surface area contributed by atoms with Crippen LogP contribution in [0, 0.1) is 0 Å². The molecule has 1 atom stereocenters. The van der Waals surface area contributed by atoms with Gasteiger partial charge in [-0.3, -0.25) is 0 Å². The van der Waals surface area contributed by atoms with Gasteiger partial charge in [0, 0.05) is 12.6 Å². The third-order valence-electron chi connectivity index (χ3n) is 3.51. The second kappa shape index (κ2) is 8.51. The van der Waals surface area contributed by atoms with Gasteiger partial charge in [-0.25, -0.2) is 13.1 Å². The smallest absolute Gasteiger partial charge is 0.240 e. The van der Waals surface area contributed by atoms with E-state index in [1.54, 1.807) is 12.1 Å². The lowest BCUT2D eigenvalue weighted by Crippen LogP contribution is -2.32. The molecule has 0 aliphatic rings. The summed E-state index contributed by atoms with van der Waals surface area (Å²) in [6.07, 6.45) is 2.71. The largest absolute Gasteiger partial charge is 0.313 e. The van der Waals surface area contributed by atoms with Crippen molar-refractivity contribution in [3.63, 3.8) is 0 Å². The first-order valence-corrected chi connectivity index (χ1v) is 9.27. The van der Waals surface area contributed by atoms with Crippen LogP contribution in [0.5, 0.6) is 0 Å². The average Bonchev–Trinajstić information content (AvgIpc) is 2.44. The highest BCUT2D eigenvalue weighted by atomic mass is 32.2. The normalized spacial score (nSPS) is 13.3. The van der Waals surface area contributed by atoms with Gasteiger partial charge in [-0.1, -0.05) is 33.3 Å². The van der Waals surface area contributed by atoms with E-state index in [0.717, 1.165) is 31.4 Å². The number of hydrogen-bond acceptors (Lipinski definition) is 3. The van der Waals surface area contributed by atoms with Gasteiger partial charge in [0.1, 0.15) is 0 Å². The van der Waals surface area contributed by atoms with Gasteiger partial charge in [0.2, 0.25) is 10.0 Å². The van der Waals surface area contributed by atoms with E-state index in [-0.39, 0.29) is 6.04 Å². The predicted octanol–water partition coefficient (Wildman–Crippen LogP) is 2.83. The Labute approximate surface area is 129 Å². The van der Waals surface area contributed by atoms with Crippen LogP contribution < -0.4 is 10.0 Å². The van der Waals surface area contributed by atoms with Crippen LogP contribution in [0.2, 0.25) is 0 Å². The number of rotatable bonds is 9. The Kier molecular flexibility index (Phi) is 7.35. The van der Waals surface area contributed by atoms with Crippen LogP contribution in [-0.2, 0) is 23.0 Å². The van der Waals surface area contributed by atoms with Crippen LogP contribution in [0.1, 0.15) is 51.7 Å². The molecule has 0 aromatic heterocycles. The average molecular weight is 312 g/mol. The molecule has 0 aliphatic heterocycles. The van der Waals surface area contributed by atoms with Crippen molar-refractivity contribution in [2.45, 2.75) is 64.4 Å². The van der Waals surface area contributed by atoms with Crippen molar-refractivity contribution in [3.05, 3.63) is 29.3 Å². The number of nitrogens with one attached hydrogen (secondary N) is 2. The molecule has 120 valence electrons. The van der Waals surface area contributed by atoms with Crippen LogP contribution in [0.25, 0.3) is 0 Å². The summed E-state index contributed by atoms with van der Waals surface area (Å²) in [5.41, 5.74) is 2.25. The first-order valence-electron chi connectivity index (χ1n) is 7.79. The Bertz CT molecular complexity index is 541. The Morgan fingerprint density at radius 2 is 1.86 bits per heavy atom. The summed E-state index contributed by atoms with van der Waals surface area (Å²) in [4.78, 5) is 0.357. The number of aryl methyl sites for hydroxylation is 1. The highest BCUT2D eigenvalue weighted by molar-refractivity contribution is 7.89. The van der Waals surface area contributed by atoms with Gasteiger partial charge < -0.3 is 5.32 Å². The summed E-state index contributed by atoms with van der Waals surface area (Å²) in [6, 6.07) is 5.38. The molecule has 0 fully saturated rings. The molecule has 5 heteroatoms. The third kappa shape index (κ3) is 5.41. The maximum atomic E-state index is 12.4. The molecular weight excluding hydrogens is 284 g/mol. The molecule has 1 rings (SSSR count). The summed E-state index contributed by atoms with van der Waals surface area (Å²) in [5.74, 6) is 0. The van der Waals surface area contributed by atoms with Crippen molar-refractivity contribution < 1.29 is 8.42 Å². The van der Waals surface area contributed by atoms with Crippen LogP contribution >= 0.6 is 0 Å². The molecule has 0 spiro atoms. The fraction of sp³-hybridized carbons (Fsp3) is 0.625. The molecule has 1 aromatic carbocycles. The lowest BCUT2D eigenvalue weighted by molar-refractivity contribution is 0.543. The lowest BCUT2D eigenvalue weighted by atomic mass is 10.1. The van der Waals surface area contributed by atoms with E-state index in [9.17, 15) is 8.42 Å². The minimum Gasteiger partial charge on any atom is -0.313 e. The number of benzene rings is 1. The summed E-state index contributed by atoms with van der Waals surface area (Å²) in [5, 5.41) is 3.26. The standard InChI is InChI=1S/C16H28N2O2S/c1-5-8-13(4)18-21(19,20)16-10-9-14(6-2)15(11-16)12-17-7-3/h9-11,13,17-18H,5-8,12H2,1-4H3. The van der Waals surface area contributed by atoms with E-state index < -0.39 is 10.0 Å². The molecule has 0 aliphatic carbocycles. The molecule has 1 aromatic rings. The molecule has 0 radical (unpaired) electrons. The van der Waals surface area contributed by atoms with E-state index in [1.807, 2.05) is 19.9 Å². The fourth-order valence-electron chi connectivity index (χ4n) is 2.36. The Balaban J connectivity index is 3.01. The number of hydrogen-bond donors (Lipinski definition) is 2. The number of sulfonamides is 1. The zero-order valence-electron chi connectivity index (χ0n) is 13.6. The van der Waals surface area contributed by atoms with E-state index >= 15 is 0 Å². The lowest BCUT2D eigenvalue weighted by Gasteiger charge is -2.15. The Morgan fingerprint density at radius 1 is 1.14 bits per heavy atom. The maximum Gasteiger partial charge on any atom is 0.240 e. The van der Waals surface area contributed by atoms with Crippen molar-refractivity contribution in [3.8, 4) is 0 Å². The second-order valence-corrected chi connectivity index (χ2v) is 7.09.